The Morgan fingerprint density at radius 3 is 1.08 bits per heavy atom. The van der Waals surface area contributed by atoms with Gasteiger partial charge in [-0.2, -0.15) is 0 Å². The van der Waals surface area contributed by atoms with Crippen LogP contribution in [0.15, 0.2) is 97.1 Å². The molecule has 74 heavy (non-hydrogen) atoms. The number of benzene rings is 8. The van der Waals surface area contributed by atoms with Gasteiger partial charge in [-0.1, -0.05) is 155 Å². The summed E-state index contributed by atoms with van der Waals surface area (Å²) in [7, 11) is 42.0. The van der Waals surface area contributed by atoms with Crippen LogP contribution in [0.25, 0.3) is 76.6 Å². The van der Waals surface area contributed by atoms with Crippen LogP contribution in [0.3, 0.4) is 0 Å². The summed E-state index contributed by atoms with van der Waals surface area (Å²) in [6.07, 6.45) is 0. The van der Waals surface area contributed by atoms with Crippen molar-refractivity contribution in [3.63, 3.8) is 0 Å². The Labute approximate surface area is 458 Å². The van der Waals surface area contributed by atoms with Gasteiger partial charge in [0.2, 0.25) is 0 Å². The Hall–Kier alpha value is -6.04. The van der Waals surface area contributed by atoms with E-state index in [4.69, 9.17) is 15.0 Å². The molecule has 0 unspecified atom stereocenters. The lowest BCUT2D eigenvalue weighted by Gasteiger charge is -2.39. The number of hydrogen-bond donors (Lipinski definition) is 0. The van der Waals surface area contributed by atoms with Gasteiger partial charge in [-0.3, -0.25) is 0 Å². The highest BCUT2D eigenvalue weighted by atomic mass is 32.1. The van der Waals surface area contributed by atoms with E-state index in [2.05, 4.69) is 207 Å². The SMILES string of the molecule is Bc1c(B)c(B)c(-c2c(B)c(B)c(N(c3c(B)c(B)c(B)c(B)c3B)c3c(B)c(B)c(-c4cc(-c5nc(-c6ccccc6)nc(-c6ccccc6)n5)c5c(c4)sc4ccccc45)c(B)c3B)c(B)c2B)c(B)c1B. The van der Waals surface area contributed by atoms with Crippen LogP contribution in [-0.4, -0.2) is 156 Å². The second kappa shape index (κ2) is 19.6. The molecule has 0 fully saturated rings. The maximum Gasteiger partial charge on any atom is 0.164 e. The molecule has 0 aliphatic heterocycles. The van der Waals surface area contributed by atoms with Crippen molar-refractivity contribution in [1.82, 2.24) is 15.0 Å². The summed E-state index contributed by atoms with van der Waals surface area (Å²) < 4.78 is 2.45. The molecule has 0 aliphatic rings. The molecule has 0 N–H and O–H groups in total. The predicted molar refractivity (Wildman–Crippen MR) is 382 cm³/mol. The zero-order valence-corrected chi connectivity index (χ0v) is 47.8. The lowest BCUT2D eigenvalue weighted by molar-refractivity contribution is 1.08. The highest BCUT2D eigenvalue weighted by molar-refractivity contribution is 7.26. The zero-order chi connectivity index (χ0) is 52.9. The van der Waals surface area contributed by atoms with E-state index in [1.165, 1.54) is 152 Å². The molecule has 10 rings (SSSR count). The van der Waals surface area contributed by atoms with Crippen molar-refractivity contribution in [2.45, 2.75) is 0 Å². The summed E-state index contributed by atoms with van der Waals surface area (Å²) in [5.74, 6) is 1.97. The Balaban J connectivity index is 1.26. The third-order valence-corrected chi connectivity index (χ3v) is 18.9. The second-order valence-electron chi connectivity index (χ2n) is 21.3. The largest absolute Gasteiger partial charge is 0.314 e. The van der Waals surface area contributed by atoms with Gasteiger partial charge in [-0.05, 0) is 40.5 Å². The summed E-state index contributed by atoms with van der Waals surface area (Å²) in [4.78, 5) is 18.5. The Morgan fingerprint density at radius 2 is 0.635 bits per heavy atom. The highest BCUT2D eigenvalue weighted by Gasteiger charge is 2.31. The quantitative estimate of drug-likeness (QED) is 0.142. The van der Waals surface area contributed by atoms with Crippen LogP contribution in [-0.2, 0) is 0 Å². The van der Waals surface area contributed by atoms with Gasteiger partial charge in [0.25, 0.3) is 0 Å². The number of fused-ring (bicyclic) bond motifs is 3. The van der Waals surface area contributed by atoms with E-state index < -0.39 is 0 Å². The number of anilines is 3. The first-order valence-electron chi connectivity index (χ1n) is 26.2. The van der Waals surface area contributed by atoms with Crippen LogP contribution >= 0.6 is 11.3 Å². The van der Waals surface area contributed by atoms with Crippen LogP contribution in [0.5, 0.6) is 0 Å². The maximum absolute atomic E-state index is 5.35. The molecule has 10 aromatic rings. The summed E-state index contributed by atoms with van der Waals surface area (Å²) in [6, 6.07) is 34.1. The first kappa shape index (κ1) is 51.4. The van der Waals surface area contributed by atoms with Gasteiger partial charge in [0.15, 0.2) is 17.5 Å². The van der Waals surface area contributed by atoms with Gasteiger partial charge in [-0.15, -0.1) is 33.2 Å². The minimum atomic E-state index is 0.654. The van der Waals surface area contributed by atoms with E-state index in [9.17, 15) is 0 Å². The topological polar surface area (TPSA) is 41.9 Å². The minimum Gasteiger partial charge on any atom is -0.314 e. The van der Waals surface area contributed by atoms with Gasteiger partial charge in [0.05, 0.1) is 0 Å². The predicted octanol–water partition coefficient (Wildman–Crippen LogP) is -17.3. The highest BCUT2D eigenvalue weighted by Crippen LogP contribution is 2.42. The van der Waals surface area contributed by atoms with E-state index in [1.807, 2.05) is 47.7 Å². The van der Waals surface area contributed by atoms with Crippen molar-refractivity contribution >= 4 is 288 Å². The fraction of sp³-hybridized carbons (Fsp3) is 0. The standard InChI is InChI=1S/C51H52B18N4S/c52-28-24(19-15-21(25-20-13-7-8-14-22(20)74-23(25)16-19)51-71-49(17-9-3-1-4-10-17)70-50(72-51)18-11-5-2-6-12-18)29(53)41(65)46(40(28)64)73(48-44(68)38(62)37(61)39(63)45(48)69)47-42(66)32(56)27(33(57)43(47)67)26-30(54)34(58)36(60)35(59)31(26)55/h1-16H,52-69H2. The van der Waals surface area contributed by atoms with Crippen molar-refractivity contribution in [1.29, 1.82) is 0 Å². The third kappa shape index (κ3) is 8.14. The monoisotopic (exact) mass is 951 g/mol. The molecule has 23 heteroatoms. The van der Waals surface area contributed by atoms with Crippen molar-refractivity contribution < 1.29 is 0 Å². The number of thiophene rings is 1. The van der Waals surface area contributed by atoms with Crippen molar-refractivity contribution in [2.75, 3.05) is 4.90 Å². The lowest BCUT2D eigenvalue weighted by Crippen LogP contribution is -2.59. The van der Waals surface area contributed by atoms with E-state index in [1.54, 1.807) is 0 Å². The van der Waals surface area contributed by atoms with Crippen LogP contribution in [0.4, 0.5) is 17.1 Å². The molecule has 4 nitrogen and oxygen atoms in total. The number of nitrogens with zero attached hydrogens (tertiary/aromatic N) is 4. The van der Waals surface area contributed by atoms with Crippen molar-refractivity contribution in [3.8, 4) is 56.4 Å². The Bertz CT molecular complexity index is 3850. The fourth-order valence-electron chi connectivity index (χ4n) is 12.2. The molecule has 0 saturated heterocycles. The summed E-state index contributed by atoms with van der Waals surface area (Å²) in [5.41, 5.74) is 35.9. The van der Waals surface area contributed by atoms with Crippen LogP contribution < -0.4 is 103 Å². The molecule has 0 bridgehead atoms. The normalized spacial score (nSPS) is 11.4. The number of aromatic nitrogens is 3. The molecular weight excluding hydrogens is 895 g/mol. The molecule has 0 amide bonds. The second-order valence-corrected chi connectivity index (χ2v) is 22.4. The Morgan fingerprint density at radius 1 is 0.297 bits per heavy atom. The van der Waals surface area contributed by atoms with Crippen LogP contribution in [0, 0.1) is 0 Å². The first-order valence-corrected chi connectivity index (χ1v) is 27.0. The number of rotatable bonds is 8. The van der Waals surface area contributed by atoms with Gasteiger partial charge in [-0.25, -0.2) is 15.0 Å². The molecule has 0 aliphatic carbocycles. The van der Waals surface area contributed by atoms with Crippen LogP contribution in [0.2, 0.25) is 0 Å². The maximum atomic E-state index is 5.35. The van der Waals surface area contributed by atoms with E-state index in [0.29, 0.717) is 17.5 Å². The molecule has 0 spiro atoms. The van der Waals surface area contributed by atoms with E-state index in [0.717, 1.165) is 22.3 Å². The minimum absolute atomic E-state index is 0.654. The third-order valence-electron chi connectivity index (χ3n) is 17.8. The molecule has 0 atom stereocenters. The molecule has 0 saturated carbocycles. The molecule has 2 heterocycles. The summed E-state index contributed by atoms with van der Waals surface area (Å²) in [6.45, 7) is 0. The fourth-order valence-corrected chi connectivity index (χ4v) is 13.4. The average Bonchev–Trinajstić information content (AvgIpc) is 3.79. The molecule has 2 aromatic heterocycles. The smallest absolute Gasteiger partial charge is 0.164 e. The average molecular weight is 948 g/mol. The van der Waals surface area contributed by atoms with Gasteiger partial charge in [0.1, 0.15) is 141 Å². The molecule has 336 valence electrons. The lowest BCUT2D eigenvalue weighted by atomic mass is 9.56. The van der Waals surface area contributed by atoms with Crippen LogP contribution in [0.1, 0.15) is 0 Å². The summed E-state index contributed by atoms with van der Waals surface area (Å²) >= 11 is 1.84. The molecule has 0 radical (unpaired) electrons. The zero-order valence-electron chi connectivity index (χ0n) is 46.9. The summed E-state index contributed by atoms with van der Waals surface area (Å²) in [5, 5.41) is 2.38. The molecular formula is C51H52B18N4S. The Kier molecular flexibility index (Phi) is 13.6. The van der Waals surface area contributed by atoms with Crippen molar-refractivity contribution in [2.24, 2.45) is 0 Å². The molecule has 8 aromatic carbocycles. The first-order chi connectivity index (χ1) is 35.2. The van der Waals surface area contributed by atoms with Gasteiger partial charge >= 0.3 is 0 Å². The van der Waals surface area contributed by atoms with E-state index in [-0.39, 0.29) is 0 Å². The van der Waals surface area contributed by atoms with E-state index >= 15 is 0 Å². The van der Waals surface area contributed by atoms with Gasteiger partial charge in [0, 0.05) is 53.9 Å². The van der Waals surface area contributed by atoms with Gasteiger partial charge < -0.3 is 4.90 Å². The number of hydrogen-bond acceptors (Lipinski definition) is 5. The van der Waals surface area contributed by atoms with Crippen molar-refractivity contribution in [3.05, 3.63) is 97.1 Å².